The van der Waals surface area contributed by atoms with Gasteiger partial charge in [0.25, 0.3) is 0 Å². The molecule has 0 saturated carbocycles. The lowest BCUT2D eigenvalue weighted by Crippen LogP contribution is -2.43. The van der Waals surface area contributed by atoms with Gasteiger partial charge in [-0.2, -0.15) is 0 Å². The zero-order valence-electron chi connectivity index (χ0n) is 11.9. The highest BCUT2D eigenvalue weighted by molar-refractivity contribution is 5.85. The number of hydrogen-bond donors (Lipinski definition) is 1. The number of nitrogens with one attached hydrogen (secondary N) is 1. The predicted octanol–water partition coefficient (Wildman–Crippen LogP) is 1.83. The smallest absolute Gasteiger partial charge is 0.224 e. The van der Waals surface area contributed by atoms with Crippen LogP contribution < -0.4 is 5.32 Å². The molecule has 1 amide bonds. The highest BCUT2D eigenvalue weighted by Crippen LogP contribution is 2.19. The second-order valence-electron chi connectivity index (χ2n) is 5.50. The molecule has 0 aromatic heterocycles. The fraction of sp³-hybridized carbons (Fsp3) is 0.929. The molecule has 0 aromatic carbocycles. The van der Waals surface area contributed by atoms with Crippen LogP contribution in [0, 0.1) is 5.92 Å². The molecular weight excluding hydrogens is 264 g/mol. The molecule has 2 atom stereocenters. The number of ether oxygens (including phenoxy) is 1. The van der Waals surface area contributed by atoms with Crippen LogP contribution in [0.1, 0.15) is 39.0 Å². The molecule has 19 heavy (non-hydrogen) atoms. The molecule has 112 valence electrons. The Bertz CT molecular complexity index is 270. The Morgan fingerprint density at radius 1 is 1.37 bits per heavy atom. The van der Waals surface area contributed by atoms with E-state index in [0.717, 1.165) is 45.7 Å². The molecule has 0 aromatic rings. The van der Waals surface area contributed by atoms with E-state index in [-0.39, 0.29) is 12.4 Å². The third kappa shape index (κ3) is 5.28. The van der Waals surface area contributed by atoms with Crippen LogP contribution in [0.25, 0.3) is 0 Å². The summed E-state index contributed by atoms with van der Waals surface area (Å²) in [6, 6.07) is 0.421. The Balaban J connectivity index is 0.00000180. The van der Waals surface area contributed by atoms with Crippen molar-refractivity contribution in [2.45, 2.75) is 45.1 Å². The molecule has 4 nitrogen and oxygen atoms in total. The van der Waals surface area contributed by atoms with Crippen molar-refractivity contribution in [3.63, 3.8) is 0 Å². The summed E-state index contributed by atoms with van der Waals surface area (Å²) < 4.78 is 5.48. The Hall–Kier alpha value is -0.320. The molecule has 5 heteroatoms. The summed E-state index contributed by atoms with van der Waals surface area (Å²) in [6.07, 6.45) is 5.38. The molecule has 0 spiro atoms. The number of halogens is 1. The number of rotatable bonds is 5. The van der Waals surface area contributed by atoms with Crippen LogP contribution in [-0.4, -0.2) is 49.7 Å². The van der Waals surface area contributed by atoms with E-state index in [1.54, 1.807) is 0 Å². The third-order valence-corrected chi connectivity index (χ3v) is 4.01. The molecule has 2 saturated heterocycles. The Kier molecular flexibility index (Phi) is 7.73. The van der Waals surface area contributed by atoms with E-state index in [1.807, 2.05) is 11.8 Å². The monoisotopic (exact) mass is 290 g/mol. The van der Waals surface area contributed by atoms with Crippen LogP contribution in [0.2, 0.25) is 0 Å². The second kappa shape index (κ2) is 8.77. The lowest BCUT2D eigenvalue weighted by Gasteiger charge is -2.33. The zero-order valence-corrected chi connectivity index (χ0v) is 12.7. The average Bonchev–Trinajstić information content (AvgIpc) is 2.89. The predicted molar refractivity (Wildman–Crippen MR) is 78.7 cm³/mol. The minimum atomic E-state index is 0. The van der Waals surface area contributed by atoms with Crippen molar-refractivity contribution in [1.82, 2.24) is 10.2 Å². The maximum Gasteiger partial charge on any atom is 0.224 e. The summed E-state index contributed by atoms with van der Waals surface area (Å²) in [5.74, 6) is 0.870. The van der Waals surface area contributed by atoms with Crippen molar-refractivity contribution >= 4 is 18.3 Å². The first kappa shape index (κ1) is 16.7. The lowest BCUT2D eigenvalue weighted by atomic mass is 9.98. The number of nitrogens with zero attached hydrogens (tertiary/aromatic N) is 1. The van der Waals surface area contributed by atoms with Gasteiger partial charge in [0.1, 0.15) is 0 Å². The largest absolute Gasteiger partial charge is 0.381 e. The van der Waals surface area contributed by atoms with E-state index < -0.39 is 0 Å². The van der Waals surface area contributed by atoms with Crippen LogP contribution in [0.3, 0.4) is 0 Å². The standard InChI is InChI=1S/C14H26N2O2.ClH/c1-2-18-11-12-5-4-8-16(10-12)14(17)9-13-6-3-7-15-13;/h12-13,15H,2-11H2,1H3;1H. The van der Waals surface area contributed by atoms with Gasteiger partial charge in [-0.3, -0.25) is 4.79 Å². The first-order valence-electron chi connectivity index (χ1n) is 7.38. The summed E-state index contributed by atoms with van der Waals surface area (Å²) in [6.45, 7) is 6.51. The van der Waals surface area contributed by atoms with Crippen molar-refractivity contribution in [3.05, 3.63) is 0 Å². The number of carbonyl (C=O) groups is 1. The fourth-order valence-electron chi connectivity index (χ4n) is 2.98. The van der Waals surface area contributed by atoms with E-state index in [4.69, 9.17) is 4.74 Å². The number of likely N-dealkylation sites (tertiary alicyclic amines) is 1. The molecule has 2 aliphatic rings. The number of carbonyl (C=O) groups excluding carboxylic acids is 1. The van der Waals surface area contributed by atoms with Crippen molar-refractivity contribution in [2.24, 2.45) is 5.92 Å². The van der Waals surface area contributed by atoms with Crippen LogP contribution in [0.4, 0.5) is 0 Å². The topological polar surface area (TPSA) is 41.6 Å². The lowest BCUT2D eigenvalue weighted by molar-refractivity contribution is -0.133. The summed E-state index contributed by atoms with van der Waals surface area (Å²) in [5, 5.41) is 3.40. The molecule has 0 bridgehead atoms. The van der Waals surface area contributed by atoms with E-state index >= 15 is 0 Å². The van der Waals surface area contributed by atoms with E-state index in [0.29, 0.717) is 24.3 Å². The van der Waals surface area contributed by atoms with Crippen LogP contribution in [0.5, 0.6) is 0 Å². The molecular formula is C14H27ClN2O2. The van der Waals surface area contributed by atoms with Gasteiger partial charge in [-0.05, 0) is 45.1 Å². The molecule has 2 heterocycles. The van der Waals surface area contributed by atoms with E-state index in [2.05, 4.69) is 5.32 Å². The van der Waals surface area contributed by atoms with E-state index in [1.165, 1.54) is 12.8 Å². The molecule has 2 fully saturated rings. The molecule has 2 rings (SSSR count). The summed E-state index contributed by atoms with van der Waals surface area (Å²) in [7, 11) is 0. The summed E-state index contributed by atoms with van der Waals surface area (Å²) >= 11 is 0. The minimum absolute atomic E-state index is 0. The average molecular weight is 291 g/mol. The Labute approximate surface area is 122 Å². The summed E-state index contributed by atoms with van der Waals surface area (Å²) in [5.41, 5.74) is 0. The van der Waals surface area contributed by atoms with Crippen LogP contribution in [-0.2, 0) is 9.53 Å². The fourth-order valence-corrected chi connectivity index (χ4v) is 2.98. The number of piperidine rings is 1. The SMILES string of the molecule is CCOCC1CCCN(C(=O)CC2CCCN2)C1.Cl. The second-order valence-corrected chi connectivity index (χ2v) is 5.50. The number of amides is 1. The minimum Gasteiger partial charge on any atom is -0.381 e. The van der Waals surface area contributed by atoms with Gasteiger partial charge in [-0.25, -0.2) is 0 Å². The van der Waals surface area contributed by atoms with Gasteiger partial charge in [-0.1, -0.05) is 0 Å². The first-order valence-corrected chi connectivity index (χ1v) is 7.38. The molecule has 0 radical (unpaired) electrons. The maximum absolute atomic E-state index is 12.2. The quantitative estimate of drug-likeness (QED) is 0.840. The third-order valence-electron chi connectivity index (χ3n) is 4.01. The van der Waals surface area contributed by atoms with Gasteiger partial charge in [0.15, 0.2) is 0 Å². The van der Waals surface area contributed by atoms with E-state index in [9.17, 15) is 4.79 Å². The highest BCUT2D eigenvalue weighted by Gasteiger charge is 2.26. The van der Waals surface area contributed by atoms with Gasteiger partial charge in [0.05, 0.1) is 6.61 Å². The van der Waals surface area contributed by atoms with Crippen molar-refractivity contribution in [1.29, 1.82) is 0 Å². The van der Waals surface area contributed by atoms with Gasteiger partial charge >= 0.3 is 0 Å². The van der Waals surface area contributed by atoms with Crippen LogP contribution in [0.15, 0.2) is 0 Å². The van der Waals surface area contributed by atoms with Crippen molar-refractivity contribution in [2.75, 3.05) is 32.8 Å². The molecule has 2 aliphatic heterocycles. The molecule has 2 unspecified atom stereocenters. The zero-order chi connectivity index (χ0) is 12.8. The summed E-state index contributed by atoms with van der Waals surface area (Å²) in [4.78, 5) is 14.3. The van der Waals surface area contributed by atoms with Gasteiger partial charge in [-0.15, -0.1) is 12.4 Å². The Morgan fingerprint density at radius 2 is 2.21 bits per heavy atom. The molecule has 1 N–H and O–H groups in total. The normalized spacial score (nSPS) is 27.1. The Morgan fingerprint density at radius 3 is 2.89 bits per heavy atom. The molecule has 0 aliphatic carbocycles. The first-order chi connectivity index (χ1) is 8.79. The van der Waals surface area contributed by atoms with Crippen molar-refractivity contribution < 1.29 is 9.53 Å². The van der Waals surface area contributed by atoms with Crippen LogP contribution >= 0.6 is 12.4 Å². The highest BCUT2D eigenvalue weighted by atomic mass is 35.5. The van der Waals surface area contributed by atoms with Gasteiger partial charge in [0.2, 0.25) is 5.91 Å². The van der Waals surface area contributed by atoms with Gasteiger partial charge in [0, 0.05) is 32.2 Å². The van der Waals surface area contributed by atoms with Gasteiger partial charge < -0.3 is 15.0 Å². The number of hydrogen-bond acceptors (Lipinski definition) is 3. The maximum atomic E-state index is 12.2. The van der Waals surface area contributed by atoms with Crippen molar-refractivity contribution in [3.8, 4) is 0 Å².